The Bertz CT molecular complexity index is 828. The highest BCUT2D eigenvalue weighted by molar-refractivity contribution is 6.74. The van der Waals surface area contributed by atoms with Gasteiger partial charge in [-0.15, -0.1) is 6.58 Å². The molecule has 32 heavy (non-hydrogen) atoms. The Morgan fingerprint density at radius 1 is 1.00 bits per heavy atom. The zero-order valence-corrected chi connectivity index (χ0v) is 21.2. The molecule has 0 aliphatic heterocycles. The minimum atomic E-state index is -2.09. The number of rotatable bonds is 12. The van der Waals surface area contributed by atoms with Crippen LogP contribution in [0.2, 0.25) is 18.1 Å². The summed E-state index contributed by atoms with van der Waals surface area (Å²) in [5.41, 5.74) is 1.12. The second-order valence-electron chi connectivity index (χ2n) is 9.67. The van der Waals surface area contributed by atoms with Crippen molar-refractivity contribution in [2.75, 3.05) is 0 Å². The van der Waals surface area contributed by atoms with Crippen molar-refractivity contribution in [2.24, 2.45) is 0 Å². The van der Waals surface area contributed by atoms with Crippen molar-refractivity contribution in [3.63, 3.8) is 0 Å². The van der Waals surface area contributed by atoms with Gasteiger partial charge < -0.3 is 13.9 Å². The third kappa shape index (κ3) is 8.73. The van der Waals surface area contributed by atoms with Crippen molar-refractivity contribution in [1.82, 2.24) is 0 Å². The van der Waals surface area contributed by atoms with E-state index in [1.165, 1.54) is 0 Å². The zero-order valence-electron chi connectivity index (χ0n) is 20.2. The first-order chi connectivity index (χ1) is 15.1. The minimum absolute atomic E-state index is 0.0351. The molecule has 2 atom stereocenters. The minimum Gasteiger partial charge on any atom is -0.426 e. The average molecular weight is 455 g/mol. The Balaban J connectivity index is 2.11. The van der Waals surface area contributed by atoms with Crippen LogP contribution >= 0.6 is 0 Å². The van der Waals surface area contributed by atoms with Crippen LogP contribution in [0.4, 0.5) is 0 Å². The van der Waals surface area contributed by atoms with E-state index < -0.39 is 8.32 Å². The Labute approximate surface area is 194 Å². The van der Waals surface area contributed by atoms with Gasteiger partial charge >= 0.3 is 5.97 Å². The highest BCUT2D eigenvalue weighted by atomic mass is 28.4. The third-order valence-corrected chi connectivity index (χ3v) is 10.5. The molecule has 0 N–H and O–H groups in total. The van der Waals surface area contributed by atoms with Crippen LogP contribution in [0.15, 0.2) is 73.3 Å². The second kappa shape index (κ2) is 12.1. The van der Waals surface area contributed by atoms with Gasteiger partial charge in [0.1, 0.15) is 5.75 Å². The Hall–Kier alpha value is -2.21. The summed E-state index contributed by atoms with van der Waals surface area (Å²) < 4.78 is 18.4. The van der Waals surface area contributed by atoms with E-state index in [-0.39, 0.29) is 29.6 Å². The summed E-state index contributed by atoms with van der Waals surface area (Å²) in [5, 5.41) is 0.0351. The summed E-state index contributed by atoms with van der Waals surface area (Å²) in [6, 6.07) is 19.3. The summed E-state index contributed by atoms with van der Waals surface area (Å²) in [7, 11) is -2.09. The fraction of sp³-hybridized carbons (Fsp3) is 0.444. The number of esters is 1. The molecule has 2 aromatic rings. The monoisotopic (exact) mass is 454 g/mol. The Morgan fingerprint density at radius 2 is 1.59 bits per heavy atom. The number of carbonyl (C=O) groups excluding carboxylic acids is 1. The Kier molecular flexibility index (Phi) is 9.88. The fourth-order valence-electron chi connectivity index (χ4n) is 3.11. The van der Waals surface area contributed by atoms with Gasteiger partial charge in [0.15, 0.2) is 8.32 Å². The molecule has 0 aliphatic carbocycles. The Morgan fingerprint density at radius 3 is 2.16 bits per heavy atom. The molecule has 0 aliphatic rings. The van der Waals surface area contributed by atoms with E-state index in [1.807, 2.05) is 54.6 Å². The van der Waals surface area contributed by atoms with E-state index >= 15 is 0 Å². The molecule has 0 amide bonds. The summed E-state index contributed by atoms with van der Waals surface area (Å²) >= 11 is 0. The predicted octanol–water partition coefficient (Wildman–Crippen LogP) is 6.92. The molecular weight excluding hydrogens is 416 g/mol. The van der Waals surface area contributed by atoms with Gasteiger partial charge in [-0.1, -0.05) is 75.4 Å². The molecule has 0 radical (unpaired) electrons. The second-order valence-corrected chi connectivity index (χ2v) is 14.4. The number of hydrogen-bond donors (Lipinski definition) is 0. The largest absolute Gasteiger partial charge is 0.426 e. The van der Waals surface area contributed by atoms with E-state index in [9.17, 15) is 4.79 Å². The zero-order chi connectivity index (χ0) is 23.6. The molecule has 0 fully saturated rings. The summed E-state index contributed by atoms with van der Waals surface area (Å²) in [5.74, 6) is 0.256. The van der Waals surface area contributed by atoms with Gasteiger partial charge in [-0.25, -0.2) is 0 Å². The van der Waals surface area contributed by atoms with Crippen LogP contribution in [-0.4, -0.2) is 26.5 Å². The van der Waals surface area contributed by atoms with Gasteiger partial charge in [-0.2, -0.15) is 0 Å². The van der Waals surface area contributed by atoms with Crippen molar-refractivity contribution < 1.29 is 18.7 Å². The third-order valence-electron chi connectivity index (χ3n) is 5.92. The van der Waals surface area contributed by atoms with E-state index in [0.717, 1.165) is 5.56 Å². The first-order valence-corrected chi connectivity index (χ1v) is 14.2. The van der Waals surface area contributed by atoms with Crippen LogP contribution in [0.1, 0.15) is 45.6 Å². The van der Waals surface area contributed by atoms with Crippen LogP contribution in [0.5, 0.6) is 5.75 Å². The van der Waals surface area contributed by atoms with E-state index in [0.29, 0.717) is 25.2 Å². The summed E-state index contributed by atoms with van der Waals surface area (Å²) in [4.78, 5) is 12.7. The molecule has 2 aromatic carbocycles. The maximum atomic E-state index is 12.7. The molecule has 4 nitrogen and oxygen atoms in total. The van der Waals surface area contributed by atoms with Crippen molar-refractivity contribution in [3.05, 3.63) is 78.9 Å². The first-order valence-electron chi connectivity index (χ1n) is 11.3. The van der Waals surface area contributed by atoms with Gasteiger partial charge in [0.2, 0.25) is 0 Å². The number of hydrogen-bond acceptors (Lipinski definition) is 4. The lowest BCUT2D eigenvalue weighted by Gasteiger charge is -2.39. The van der Waals surface area contributed by atoms with Crippen molar-refractivity contribution >= 4 is 14.3 Å². The highest BCUT2D eigenvalue weighted by Crippen LogP contribution is 2.38. The molecule has 0 heterocycles. The molecule has 0 unspecified atom stereocenters. The van der Waals surface area contributed by atoms with Gasteiger partial charge in [0, 0.05) is 0 Å². The van der Waals surface area contributed by atoms with Crippen molar-refractivity contribution in [3.8, 4) is 5.75 Å². The lowest BCUT2D eigenvalue weighted by molar-refractivity contribution is -0.136. The molecule has 0 bridgehead atoms. The van der Waals surface area contributed by atoms with Gasteiger partial charge in [0.05, 0.1) is 25.2 Å². The van der Waals surface area contributed by atoms with Gasteiger partial charge in [0.25, 0.3) is 0 Å². The van der Waals surface area contributed by atoms with Gasteiger partial charge in [-0.05, 0) is 48.7 Å². The fourth-order valence-corrected chi connectivity index (χ4v) is 4.48. The standard InChI is InChI=1S/C27H38O4Si/c1-7-14-24(29-21-22-15-10-8-11-16-22)19-25(31-32(5,6)27(2,3)4)20-26(28)30-23-17-12-9-13-18-23/h7-13,15-18,24-25H,1,14,19-21H2,2-6H3/t24-,25+/m0/s1. The lowest BCUT2D eigenvalue weighted by Crippen LogP contribution is -2.45. The lowest BCUT2D eigenvalue weighted by atomic mass is 10.1. The summed E-state index contributed by atoms with van der Waals surface area (Å²) in [6.07, 6.45) is 2.97. The maximum absolute atomic E-state index is 12.7. The number of carbonyl (C=O) groups is 1. The number of para-hydroxylation sites is 1. The average Bonchev–Trinajstić information content (AvgIpc) is 2.72. The van der Waals surface area contributed by atoms with Gasteiger partial charge in [-0.3, -0.25) is 4.79 Å². The molecule has 0 saturated carbocycles. The number of ether oxygens (including phenoxy) is 2. The molecule has 5 heteroatoms. The molecule has 0 aromatic heterocycles. The van der Waals surface area contributed by atoms with E-state index in [1.54, 1.807) is 12.1 Å². The van der Waals surface area contributed by atoms with Crippen molar-refractivity contribution in [1.29, 1.82) is 0 Å². The highest BCUT2D eigenvalue weighted by Gasteiger charge is 2.40. The van der Waals surface area contributed by atoms with E-state index in [4.69, 9.17) is 13.9 Å². The quantitative estimate of drug-likeness (QED) is 0.151. The molecule has 174 valence electrons. The van der Waals surface area contributed by atoms with E-state index in [2.05, 4.69) is 40.4 Å². The SMILES string of the molecule is C=CC[C@@H](C[C@H](CC(=O)Oc1ccccc1)O[Si](C)(C)C(C)(C)C)OCc1ccccc1. The number of benzene rings is 2. The van der Waals surface area contributed by atoms with Crippen LogP contribution in [-0.2, 0) is 20.6 Å². The van der Waals surface area contributed by atoms with Crippen LogP contribution < -0.4 is 4.74 Å². The van der Waals surface area contributed by atoms with Crippen LogP contribution in [0.3, 0.4) is 0 Å². The smallest absolute Gasteiger partial charge is 0.313 e. The van der Waals surface area contributed by atoms with Crippen LogP contribution in [0.25, 0.3) is 0 Å². The topological polar surface area (TPSA) is 44.8 Å². The molecule has 0 saturated heterocycles. The van der Waals surface area contributed by atoms with Crippen LogP contribution in [0, 0.1) is 0 Å². The summed E-state index contributed by atoms with van der Waals surface area (Å²) in [6.45, 7) is 15.4. The normalized spacial score (nSPS) is 13.9. The van der Waals surface area contributed by atoms with Crippen molar-refractivity contribution in [2.45, 2.75) is 77.0 Å². The molecular formula is C27H38O4Si. The first kappa shape index (κ1) is 26.0. The molecule has 0 spiro atoms. The molecule has 2 rings (SSSR count). The predicted molar refractivity (Wildman–Crippen MR) is 133 cm³/mol. The maximum Gasteiger partial charge on any atom is 0.313 e.